The number of carbonyl (C=O) groups is 1. The Morgan fingerprint density at radius 3 is 1.81 bits per heavy atom. The number of hydrogen-bond donors (Lipinski definition) is 0. The third kappa shape index (κ3) is 4.21. The summed E-state index contributed by atoms with van der Waals surface area (Å²) < 4.78 is 7.51. The van der Waals surface area contributed by atoms with Gasteiger partial charge in [-0.05, 0) is 103 Å². The molecule has 216 valence electrons. The molecule has 2 heteroatoms. The maximum atomic E-state index is 12.5. The van der Waals surface area contributed by atoms with Gasteiger partial charge in [0.1, 0.15) is 5.60 Å². The molecule has 0 heterocycles. The number of rotatable bonds is 6. The molecule has 3 aromatic carbocycles. The highest BCUT2D eigenvalue weighted by atomic mass is 16.5. The van der Waals surface area contributed by atoms with Gasteiger partial charge in [0.25, 0.3) is 0 Å². The smallest absolute Gasteiger partial charge is 0.156 e. The van der Waals surface area contributed by atoms with Crippen molar-refractivity contribution in [3.05, 3.63) is 131 Å². The van der Waals surface area contributed by atoms with E-state index in [9.17, 15) is 4.79 Å². The predicted molar refractivity (Wildman–Crippen MR) is 170 cm³/mol. The Hall–Kier alpha value is -3.23. The Bertz CT molecular complexity index is 1410. The number of ether oxygens (including phenoxy) is 1. The summed E-state index contributed by atoms with van der Waals surface area (Å²) in [6.45, 7) is 6.71. The van der Waals surface area contributed by atoms with Gasteiger partial charge in [-0.2, -0.15) is 0 Å². The van der Waals surface area contributed by atoms with Crippen LogP contribution in [-0.2, 0) is 15.1 Å². The van der Waals surface area contributed by atoms with E-state index >= 15 is 0 Å². The second-order valence-electron chi connectivity index (χ2n) is 13.9. The number of hydrogen-bond acceptors (Lipinski definition) is 2. The van der Waals surface area contributed by atoms with Gasteiger partial charge in [0.15, 0.2) is 5.78 Å². The van der Waals surface area contributed by atoms with Crippen molar-refractivity contribution in [3.8, 4) is 0 Å². The third-order valence-electron chi connectivity index (χ3n) is 11.9. The zero-order chi connectivity index (χ0) is 29.0. The molecular formula is C40H44O2. The van der Waals surface area contributed by atoms with Crippen LogP contribution in [0.25, 0.3) is 0 Å². The highest BCUT2D eigenvalue weighted by Gasteiger charge is 2.57. The lowest BCUT2D eigenvalue weighted by atomic mass is 9.47. The van der Waals surface area contributed by atoms with Gasteiger partial charge in [-0.3, -0.25) is 4.79 Å². The SMILES string of the molecule is CC(=O)C1=CC[C@H]2[C@@H]3CC=C4C[C@@H](OC(c5ccccc5)(c5ccccc5)c5ccccc5)CC[C@]4(C)[C@H]3CC[C@]12C. The molecule has 2 saturated carbocycles. The maximum Gasteiger partial charge on any atom is 0.156 e. The average Bonchev–Trinajstić information content (AvgIpc) is 3.39. The van der Waals surface area contributed by atoms with E-state index in [4.69, 9.17) is 4.74 Å². The molecule has 0 radical (unpaired) electrons. The first-order valence-electron chi connectivity index (χ1n) is 16.1. The van der Waals surface area contributed by atoms with Crippen LogP contribution in [-0.4, -0.2) is 11.9 Å². The zero-order valence-electron chi connectivity index (χ0n) is 25.4. The van der Waals surface area contributed by atoms with Crippen molar-refractivity contribution in [2.75, 3.05) is 0 Å². The number of ketones is 1. The van der Waals surface area contributed by atoms with Crippen LogP contribution in [0.5, 0.6) is 0 Å². The first-order chi connectivity index (χ1) is 20.4. The Balaban J connectivity index is 1.22. The highest BCUT2D eigenvalue weighted by Crippen LogP contribution is 2.65. The van der Waals surface area contributed by atoms with Crippen LogP contribution < -0.4 is 0 Å². The molecule has 4 aliphatic rings. The first-order valence-corrected chi connectivity index (χ1v) is 16.1. The summed E-state index contributed by atoms with van der Waals surface area (Å²) in [5, 5.41) is 0. The fourth-order valence-corrected chi connectivity index (χ4v) is 9.81. The van der Waals surface area contributed by atoms with E-state index in [-0.39, 0.29) is 22.7 Å². The molecule has 2 fully saturated rings. The summed E-state index contributed by atoms with van der Waals surface area (Å²) in [5.41, 5.74) is 5.87. The highest BCUT2D eigenvalue weighted by molar-refractivity contribution is 5.95. The van der Waals surface area contributed by atoms with Gasteiger partial charge in [-0.25, -0.2) is 0 Å². The molecule has 0 unspecified atom stereocenters. The minimum Gasteiger partial charge on any atom is -0.357 e. The first kappa shape index (κ1) is 27.6. The van der Waals surface area contributed by atoms with Gasteiger partial charge in [0.05, 0.1) is 6.10 Å². The van der Waals surface area contributed by atoms with Crippen molar-refractivity contribution in [2.45, 2.75) is 77.4 Å². The van der Waals surface area contributed by atoms with Crippen molar-refractivity contribution < 1.29 is 9.53 Å². The summed E-state index contributed by atoms with van der Waals surface area (Å²) in [7, 11) is 0. The van der Waals surface area contributed by atoms with Gasteiger partial charge in [0.2, 0.25) is 0 Å². The van der Waals surface area contributed by atoms with E-state index in [1.807, 2.05) is 0 Å². The molecule has 0 aromatic heterocycles. The van der Waals surface area contributed by atoms with Crippen LogP contribution in [0.3, 0.4) is 0 Å². The minimum absolute atomic E-state index is 0.0651. The van der Waals surface area contributed by atoms with Gasteiger partial charge in [0, 0.05) is 0 Å². The Morgan fingerprint density at radius 2 is 1.26 bits per heavy atom. The molecule has 0 amide bonds. The topological polar surface area (TPSA) is 26.3 Å². The number of Topliss-reactive ketones (excluding diaryl/α,β-unsaturated/α-hetero) is 1. The van der Waals surface area contributed by atoms with Crippen LogP contribution in [0.15, 0.2) is 114 Å². The second kappa shape index (κ2) is 10.5. The molecule has 7 rings (SSSR count). The summed E-state index contributed by atoms with van der Waals surface area (Å²) in [6, 6.07) is 32.4. The van der Waals surface area contributed by atoms with E-state index in [0.29, 0.717) is 17.8 Å². The Labute approximate surface area is 251 Å². The zero-order valence-corrected chi connectivity index (χ0v) is 25.4. The third-order valence-corrected chi connectivity index (χ3v) is 11.9. The monoisotopic (exact) mass is 556 g/mol. The van der Waals surface area contributed by atoms with Crippen LogP contribution in [0.2, 0.25) is 0 Å². The normalized spacial score (nSPS) is 32.2. The Kier molecular flexibility index (Phi) is 6.89. The number of allylic oxidation sites excluding steroid dienone is 3. The standard InChI is InChI=1S/C40H44O2/c1-28(41)35-21-22-36-34-20-19-32-27-33(23-25-38(32,2)37(34)24-26-39(35,36)3)42-40(29-13-7-4-8-14-29,30-15-9-5-10-16-30)31-17-11-6-12-18-31/h4-19,21,33-34,36-37H,20,22-27H2,1-3H3/t33-,34-,36-,37-,38-,39+/m0/s1. The van der Waals surface area contributed by atoms with Crippen molar-refractivity contribution in [1.29, 1.82) is 0 Å². The summed E-state index contributed by atoms with van der Waals surface area (Å²) >= 11 is 0. The predicted octanol–water partition coefficient (Wildman–Crippen LogP) is 9.45. The number of fused-ring (bicyclic) bond motifs is 5. The quantitative estimate of drug-likeness (QED) is 0.223. The molecule has 2 nitrogen and oxygen atoms in total. The molecule has 0 spiro atoms. The fraction of sp³-hybridized carbons (Fsp3) is 0.425. The maximum absolute atomic E-state index is 12.5. The van der Waals surface area contributed by atoms with Gasteiger partial charge >= 0.3 is 0 Å². The number of carbonyl (C=O) groups excluding carboxylic acids is 1. The lowest BCUT2D eigenvalue weighted by Crippen LogP contribution is -2.51. The van der Waals surface area contributed by atoms with E-state index < -0.39 is 5.60 Å². The van der Waals surface area contributed by atoms with E-state index in [0.717, 1.165) is 44.1 Å². The minimum atomic E-state index is -0.675. The van der Waals surface area contributed by atoms with Crippen LogP contribution in [0, 0.1) is 28.6 Å². The van der Waals surface area contributed by atoms with Crippen LogP contribution in [0.4, 0.5) is 0 Å². The van der Waals surface area contributed by atoms with E-state index in [2.05, 4.69) is 117 Å². The Morgan fingerprint density at radius 1 is 0.714 bits per heavy atom. The fourth-order valence-electron chi connectivity index (χ4n) is 9.81. The molecular weight excluding hydrogens is 512 g/mol. The van der Waals surface area contributed by atoms with Crippen molar-refractivity contribution in [1.82, 2.24) is 0 Å². The van der Waals surface area contributed by atoms with Crippen LogP contribution in [0.1, 0.15) is 82.4 Å². The van der Waals surface area contributed by atoms with Crippen molar-refractivity contribution in [2.24, 2.45) is 28.6 Å². The van der Waals surface area contributed by atoms with E-state index in [1.54, 1.807) is 12.5 Å². The molecule has 0 saturated heterocycles. The molecule has 0 aliphatic heterocycles. The van der Waals surface area contributed by atoms with Crippen molar-refractivity contribution in [3.63, 3.8) is 0 Å². The molecule has 4 aliphatic carbocycles. The van der Waals surface area contributed by atoms with Gasteiger partial charge < -0.3 is 4.74 Å². The molecule has 6 atom stereocenters. The molecule has 0 bridgehead atoms. The largest absolute Gasteiger partial charge is 0.357 e. The van der Waals surface area contributed by atoms with Gasteiger partial charge in [-0.1, -0.05) is 123 Å². The molecule has 42 heavy (non-hydrogen) atoms. The summed E-state index contributed by atoms with van der Waals surface area (Å²) in [5.74, 6) is 2.24. The average molecular weight is 557 g/mol. The van der Waals surface area contributed by atoms with E-state index in [1.165, 1.54) is 23.1 Å². The summed E-state index contributed by atoms with van der Waals surface area (Å²) in [6.07, 6.45) is 12.8. The van der Waals surface area contributed by atoms with Crippen LogP contribution >= 0.6 is 0 Å². The summed E-state index contributed by atoms with van der Waals surface area (Å²) in [4.78, 5) is 12.5. The van der Waals surface area contributed by atoms with Crippen molar-refractivity contribution >= 4 is 5.78 Å². The number of benzene rings is 3. The second-order valence-corrected chi connectivity index (χ2v) is 13.9. The lowest BCUT2D eigenvalue weighted by molar-refractivity contribution is -0.116. The van der Waals surface area contributed by atoms with Gasteiger partial charge in [-0.15, -0.1) is 0 Å². The molecule has 0 N–H and O–H groups in total. The molecule has 3 aromatic rings. The lowest BCUT2D eigenvalue weighted by Gasteiger charge is -2.58.